The summed E-state index contributed by atoms with van der Waals surface area (Å²) < 4.78 is 0. The standard InChI is InChI=1S/C11H9N5O/c12-6-13-7-15-9-3-1-8(2-4-9)10-5-14-11(17)16-10/h1-5,7H,(H,13,15)(H2,14,16,17). The van der Waals surface area contributed by atoms with Crippen molar-refractivity contribution in [2.24, 2.45) is 4.99 Å². The largest absolute Gasteiger partial charge is 0.480 e. The lowest BCUT2D eigenvalue weighted by atomic mass is 10.1. The van der Waals surface area contributed by atoms with E-state index < -0.39 is 0 Å². The van der Waals surface area contributed by atoms with E-state index in [1.807, 2.05) is 12.1 Å². The molecule has 17 heavy (non-hydrogen) atoms. The molecule has 0 spiro atoms. The first-order chi connectivity index (χ1) is 8.29. The number of benzene rings is 1. The fraction of sp³-hybridized carbons (Fsp3) is 0. The second-order valence-corrected chi connectivity index (χ2v) is 3.17. The molecule has 0 aliphatic carbocycles. The fourth-order valence-electron chi connectivity index (χ4n) is 1.31. The lowest BCUT2D eigenvalue weighted by Crippen LogP contribution is -1.98. The van der Waals surface area contributed by atoms with Gasteiger partial charge in [-0.05, 0) is 12.1 Å². The summed E-state index contributed by atoms with van der Waals surface area (Å²) >= 11 is 0. The predicted molar refractivity (Wildman–Crippen MR) is 62.6 cm³/mol. The van der Waals surface area contributed by atoms with Gasteiger partial charge < -0.3 is 10.1 Å². The van der Waals surface area contributed by atoms with Gasteiger partial charge in [-0.1, -0.05) is 12.1 Å². The molecule has 0 saturated heterocycles. The van der Waals surface area contributed by atoms with Crippen LogP contribution in [0.25, 0.3) is 11.3 Å². The minimum atomic E-state index is -0.111. The predicted octanol–water partition coefficient (Wildman–Crippen LogP) is 1.51. The van der Waals surface area contributed by atoms with Gasteiger partial charge in [-0.15, -0.1) is 0 Å². The molecule has 84 valence electrons. The Kier molecular flexibility index (Phi) is 3.03. The maximum atomic E-state index is 9.08. The van der Waals surface area contributed by atoms with E-state index in [-0.39, 0.29) is 6.01 Å². The van der Waals surface area contributed by atoms with E-state index in [0.717, 1.165) is 11.3 Å². The number of nitrogens with zero attached hydrogens (tertiary/aromatic N) is 3. The summed E-state index contributed by atoms with van der Waals surface area (Å²) in [6.45, 7) is 0. The Balaban J connectivity index is 2.16. The van der Waals surface area contributed by atoms with Crippen molar-refractivity contribution < 1.29 is 5.11 Å². The summed E-state index contributed by atoms with van der Waals surface area (Å²) in [5.74, 6) is 0. The van der Waals surface area contributed by atoms with E-state index in [9.17, 15) is 0 Å². The van der Waals surface area contributed by atoms with Gasteiger partial charge in [0.25, 0.3) is 6.01 Å². The van der Waals surface area contributed by atoms with E-state index in [4.69, 9.17) is 10.4 Å². The van der Waals surface area contributed by atoms with Gasteiger partial charge in [0.2, 0.25) is 0 Å². The molecule has 0 bridgehead atoms. The van der Waals surface area contributed by atoms with Crippen LogP contribution >= 0.6 is 0 Å². The minimum Gasteiger partial charge on any atom is -0.480 e. The van der Waals surface area contributed by atoms with Gasteiger partial charge in [0.1, 0.15) is 6.34 Å². The van der Waals surface area contributed by atoms with Crippen LogP contribution in [0.2, 0.25) is 0 Å². The van der Waals surface area contributed by atoms with Gasteiger partial charge in [-0.25, -0.2) is 4.99 Å². The first-order valence-electron chi connectivity index (χ1n) is 4.81. The Labute approximate surface area is 97.3 Å². The molecular weight excluding hydrogens is 218 g/mol. The van der Waals surface area contributed by atoms with Crippen molar-refractivity contribution >= 4 is 12.0 Å². The number of aromatic hydroxyl groups is 1. The smallest absolute Gasteiger partial charge is 0.291 e. The van der Waals surface area contributed by atoms with Gasteiger partial charge in [0.05, 0.1) is 11.4 Å². The molecule has 1 aromatic carbocycles. The van der Waals surface area contributed by atoms with Crippen molar-refractivity contribution in [3.63, 3.8) is 0 Å². The minimum absolute atomic E-state index is 0.111. The molecule has 0 saturated carbocycles. The van der Waals surface area contributed by atoms with Crippen LogP contribution < -0.4 is 5.32 Å². The second-order valence-electron chi connectivity index (χ2n) is 3.17. The van der Waals surface area contributed by atoms with E-state index in [0.29, 0.717) is 5.69 Å². The Bertz CT molecular complexity index is 564. The molecule has 1 aromatic heterocycles. The van der Waals surface area contributed by atoms with Crippen molar-refractivity contribution in [2.75, 3.05) is 0 Å². The highest BCUT2D eigenvalue weighted by Gasteiger charge is 2.01. The number of aromatic nitrogens is 2. The van der Waals surface area contributed by atoms with Crippen molar-refractivity contribution in [1.82, 2.24) is 15.3 Å². The van der Waals surface area contributed by atoms with E-state index in [1.54, 1.807) is 24.5 Å². The van der Waals surface area contributed by atoms with Gasteiger partial charge in [0, 0.05) is 11.8 Å². The molecule has 1 heterocycles. The van der Waals surface area contributed by atoms with Crippen LogP contribution in [0.1, 0.15) is 0 Å². The first-order valence-corrected chi connectivity index (χ1v) is 4.81. The van der Waals surface area contributed by atoms with Crippen LogP contribution in [0.15, 0.2) is 35.5 Å². The molecule has 3 N–H and O–H groups in total. The number of rotatable bonds is 3. The molecular formula is C11H9N5O. The van der Waals surface area contributed by atoms with Gasteiger partial charge in [-0.3, -0.25) is 5.32 Å². The number of aromatic amines is 1. The van der Waals surface area contributed by atoms with Crippen molar-refractivity contribution in [1.29, 1.82) is 5.26 Å². The maximum absolute atomic E-state index is 9.08. The summed E-state index contributed by atoms with van der Waals surface area (Å²) in [6.07, 6.45) is 4.67. The maximum Gasteiger partial charge on any atom is 0.291 e. The number of nitriles is 1. The molecule has 0 atom stereocenters. The topological polar surface area (TPSA) is 97.1 Å². The van der Waals surface area contributed by atoms with Crippen molar-refractivity contribution in [3.05, 3.63) is 30.5 Å². The van der Waals surface area contributed by atoms with Crippen molar-refractivity contribution in [2.45, 2.75) is 0 Å². The quantitative estimate of drug-likeness (QED) is 0.320. The Morgan fingerprint density at radius 2 is 2.18 bits per heavy atom. The van der Waals surface area contributed by atoms with Crippen LogP contribution in [0.5, 0.6) is 6.01 Å². The molecule has 0 aliphatic heterocycles. The lowest BCUT2D eigenvalue weighted by molar-refractivity contribution is 0.437. The average Bonchev–Trinajstić information content (AvgIpc) is 2.77. The average molecular weight is 227 g/mol. The third-order valence-electron chi connectivity index (χ3n) is 2.07. The normalized spacial score (nSPS) is 10.3. The monoisotopic (exact) mass is 227 g/mol. The Morgan fingerprint density at radius 3 is 2.76 bits per heavy atom. The van der Waals surface area contributed by atoms with Crippen LogP contribution in [0, 0.1) is 11.5 Å². The second kappa shape index (κ2) is 4.81. The van der Waals surface area contributed by atoms with Gasteiger partial charge >= 0.3 is 0 Å². The molecule has 0 amide bonds. The van der Waals surface area contributed by atoms with Crippen LogP contribution in [0.3, 0.4) is 0 Å². The van der Waals surface area contributed by atoms with E-state index in [1.165, 1.54) is 6.34 Å². The number of hydrogen-bond acceptors (Lipinski definition) is 4. The number of imidazole rings is 1. The molecule has 0 radical (unpaired) electrons. The van der Waals surface area contributed by atoms with Crippen LogP contribution in [-0.4, -0.2) is 21.4 Å². The van der Waals surface area contributed by atoms with Crippen LogP contribution in [0.4, 0.5) is 5.69 Å². The van der Waals surface area contributed by atoms with Crippen LogP contribution in [-0.2, 0) is 0 Å². The van der Waals surface area contributed by atoms with Gasteiger partial charge in [-0.2, -0.15) is 10.2 Å². The highest BCUT2D eigenvalue weighted by atomic mass is 16.3. The molecule has 2 aromatic rings. The van der Waals surface area contributed by atoms with Gasteiger partial charge in [0.15, 0.2) is 6.19 Å². The number of nitrogens with one attached hydrogen (secondary N) is 2. The SMILES string of the molecule is N#CN/C=N/c1ccc(-c2c[nH]c(O)n2)cc1. The van der Waals surface area contributed by atoms with Crippen molar-refractivity contribution in [3.8, 4) is 23.5 Å². The Morgan fingerprint density at radius 1 is 1.41 bits per heavy atom. The zero-order chi connectivity index (χ0) is 12.1. The number of H-pyrrole nitrogens is 1. The van der Waals surface area contributed by atoms with E-state index >= 15 is 0 Å². The van der Waals surface area contributed by atoms with E-state index in [2.05, 4.69) is 20.3 Å². The highest BCUT2D eigenvalue weighted by molar-refractivity contribution is 5.65. The highest BCUT2D eigenvalue weighted by Crippen LogP contribution is 2.21. The zero-order valence-corrected chi connectivity index (χ0v) is 8.75. The molecule has 6 nitrogen and oxygen atoms in total. The molecule has 2 rings (SSSR count). The molecule has 0 aliphatic rings. The molecule has 0 fully saturated rings. The summed E-state index contributed by atoms with van der Waals surface area (Å²) in [5, 5.41) is 19.6. The molecule has 0 unspecified atom stereocenters. The molecule has 6 heteroatoms. The zero-order valence-electron chi connectivity index (χ0n) is 8.75. The summed E-state index contributed by atoms with van der Waals surface area (Å²) in [6, 6.07) is 7.12. The lowest BCUT2D eigenvalue weighted by Gasteiger charge is -1.96. The third-order valence-corrected chi connectivity index (χ3v) is 2.07. The Hall–Kier alpha value is -2.81. The summed E-state index contributed by atoms with van der Waals surface area (Å²) in [7, 11) is 0. The number of aliphatic imine (C=N–C) groups is 1. The first kappa shape index (κ1) is 10.7. The summed E-state index contributed by atoms with van der Waals surface area (Å²) in [5.41, 5.74) is 2.25. The summed E-state index contributed by atoms with van der Waals surface area (Å²) in [4.78, 5) is 10.5. The fourth-order valence-corrected chi connectivity index (χ4v) is 1.31. The number of hydrogen-bond donors (Lipinski definition) is 3. The third kappa shape index (κ3) is 2.60.